The van der Waals surface area contributed by atoms with Crippen molar-refractivity contribution in [2.75, 3.05) is 40.0 Å². The molecule has 0 aromatic heterocycles. The fourth-order valence-corrected chi connectivity index (χ4v) is 4.48. The average Bonchev–Trinajstić information content (AvgIpc) is 2.75. The van der Waals surface area contributed by atoms with E-state index < -0.39 is 7.25 Å². The fraction of sp³-hybridized carbons (Fsp3) is 0.250. The van der Waals surface area contributed by atoms with Crippen molar-refractivity contribution >= 4 is 46.9 Å². The fourth-order valence-electron chi connectivity index (χ4n) is 2.18. The summed E-state index contributed by atoms with van der Waals surface area (Å²) in [6.45, 7) is 13.6. The van der Waals surface area contributed by atoms with Gasteiger partial charge in [-0.3, -0.25) is 0 Å². The Balaban J connectivity index is -0.0000000844. The molecule has 193 valence electrons. The maximum Gasteiger partial charge on any atom is 0.673 e. The molecule has 0 atom stereocenters. The molecule has 0 saturated carbocycles. The first-order valence-electron chi connectivity index (χ1n) is 9.96. The van der Waals surface area contributed by atoms with Crippen LogP contribution in [-0.4, -0.2) is 47.2 Å². The molecule has 0 nitrogen and oxygen atoms in total. The number of benzene rings is 3. The zero-order valence-electron chi connectivity index (χ0n) is 19.9. The molecule has 0 saturated heterocycles. The van der Waals surface area contributed by atoms with Gasteiger partial charge in [-0.1, -0.05) is 115 Å². The molecule has 0 aliphatic carbocycles. The first-order valence-corrected chi connectivity index (χ1v) is 16.7. The van der Waals surface area contributed by atoms with Gasteiger partial charge in [0, 0.05) is 25.8 Å². The first-order chi connectivity index (χ1) is 14.9. The number of hydrogen-bond acceptors (Lipinski definition) is 0. The van der Waals surface area contributed by atoms with Crippen LogP contribution in [0.2, 0.25) is 0 Å². The molecule has 33 heavy (non-hydrogen) atoms. The zero-order valence-corrected chi connectivity index (χ0v) is 25.0. The molecule has 3 rings (SSSR count). The maximum absolute atomic E-state index is 9.75. The van der Waals surface area contributed by atoms with Crippen LogP contribution in [-0.2, 0) is 20.1 Å². The van der Waals surface area contributed by atoms with Crippen LogP contribution >= 0.6 is 23.8 Å². The van der Waals surface area contributed by atoms with Crippen molar-refractivity contribution in [2.24, 2.45) is 0 Å². The van der Waals surface area contributed by atoms with Gasteiger partial charge in [-0.05, 0) is 55.9 Å². The summed E-state index contributed by atoms with van der Waals surface area (Å²) < 4.78 is 39.0. The molecule has 9 heteroatoms. The van der Waals surface area contributed by atoms with E-state index in [9.17, 15) is 17.3 Å². The van der Waals surface area contributed by atoms with Gasteiger partial charge in [0.15, 0.2) is 0 Å². The van der Waals surface area contributed by atoms with E-state index in [0.717, 1.165) is 0 Å². The Morgan fingerprint density at radius 1 is 0.455 bits per heavy atom. The minimum absolute atomic E-state index is 0. The Kier molecular flexibility index (Phi) is 20.6. The number of halogens is 4. The van der Waals surface area contributed by atoms with E-state index in [2.05, 4.69) is 131 Å². The van der Waals surface area contributed by atoms with Crippen molar-refractivity contribution in [3.05, 3.63) is 91.0 Å². The summed E-state index contributed by atoms with van der Waals surface area (Å²) in [4.78, 5) is 0. The molecule has 0 heterocycles. The van der Waals surface area contributed by atoms with E-state index in [1.807, 2.05) is 0 Å². The van der Waals surface area contributed by atoms with Crippen molar-refractivity contribution in [3.63, 3.8) is 0 Å². The minimum atomic E-state index is -6.00. The van der Waals surface area contributed by atoms with Crippen LogP contribution in [0.1, 0.15) is 5.71 Å². The smallest absolute Gasteiger partial charge is 0.418 e. The van der Waals surface area contributed by atoms with E-state index in [-0.39, 0.29) is 49.6 Å². The molecule has 0 unspecified atom stereocenters. The summed E-state index contributed by atoms with van der Waals surface area (Å²) in [5.41, 5.74) is 0. The Labute approximate surface area is 220 Å². The van der Waals surface area contributed by atoms with Gasteiger partial charge < -0.3 is 17.3 Å². The Morgan fingerprint density at radius 2 is 0.606 bits per heavy atom. The largest absolute Gasteiger partial charge is 0.673 e. The van der Waals surface area contributed by atoms with E-state index in [0.29, 0.717) is 0 Å². The van der Waals surface area contributed by atoms with Crippen LogP contribution < -0.4 is 15.9 Å². The van der Waals surface area contributed by atoms with Gasteiger partial charge >= 0.3 is 7.25 Å². The van der Waals surface area contributed by atoms with E-state index in [1.54, 1.807) is 0 Å². The van der Waals surface area contributed by atoms with Crippen molar-refractivity contribution in [1.82, 2.24) is 0 Å². The summed E-state index contributed by atoms with van der Waals surface area (Å²) in [6.07, 6.45) is 0. The molecule has 0 bridgehead atoms. The van der Waals surface area contributed by atoms with Crippen molar-refractivity contribution < 1.29 is 43.1 Å². The van der Waals surface area contributed by atoms with Gasteiger partial charge in [0.2, 0.25) is 0 Å². The van der Waals surface area contributed by atoms with Gasteiger partial charge in [-0.15, -0.1) is 0 Å². The van der Waals surface area contributed by atoms with Crippen LogP contribution in [0.25, 0.3) is 0 Å². The van der Waals surface area contributed by atoms with Crippen LogP contribution in [0, 0.1) is 0 Å². The molecule has 0 amide bonds. The van der Waals surface area contributed by atoms with Crippen LogP contribution in [0.5, 0.6) is 0 Å². The second-order valence-electron chi connectivity index (χ2n) is 7.18. The summed E-state index contributed by atoms with van der Waals surface area (Å²) in [6, 6.07) is 31.9. The molecular weight excluding hydrogens is 660 g/mol. The van der Waals surface area contributed by atoms with Crippen molar-refractivity contribution in [1.29, 1.82) is 0 Å². The van der Waals surface area contributed by atoms with E-state index in [4.69, 9.17) is 0 Å². The Bertz CT molecular complexity index is 728. The number of hydrogen-bond donors (Lipinski definition) is 0. The van der Waals surface area contributed by atoms with Gasteiger partial charge in [0.1, 0.15) is 0 Å². The van der Waals surface area contributed by atoms with Crippen molar-refractivity contribution in [2.45, 2.75) is 0 Å². The zero-order chi connectivity index (χ0) is 24.6. The van der Waals surface area contributed by atoms with E-state index >= 15 is 0 Å². The minimum Gasteiger partial charge on any atom is -0.418 e. The molecule has 0 aliphatic rings. The standard InChI is InChI=1S/3C8H11P.BF4.Ir.4H2/c3*1-9(2)8-6-4-3-5-7-8;2-1(3,4)5;;;;;/h3*3-7H,1-2H3;;;4*1H/q;;;-1;;;;;. The second kappa shape index (κ2) is 19.7. The molecular formula is C24H41BF4IrP3-. The Hall–Kier alpha value is -0.616. The van der Waals surface area contributed by atoms with Crippen molar-refractivity contribution in [3.8, 4) is 0 Å². The molecule has 0 aliphatic heterocycles. The summed E-state index contributed by atoms with van der Waals surface area (Å²) >= 11 is 0. The average molecular weight is 702 g/mol. The molecule has 3 aromatic carbocycles. The molecule has 1 radical (unpaired) electrons. The Morgan fingerprint density at radius 3 is 0.697 bits per heavy atom. The summed E-state index contributed by atoms with van der Waals surface area (Å²) in [7, 11) is -5.69. The maximum atomic E-state index is 9.75. The topological polar surface area (TPSA) is 0 Å². The normalized spacial score (nSPS) is 10.1. The quantitative estimate of drug-likeness (QED) is 0.146. The SMILES string of the molecule is CP(C)c1ccccc1.CP(C)c1ccccc1.CP(C)c1ccccc1.F[B-](F)(F)F.[HH].[HH].[HH].[HH].[Ir]. The van der Waals surface area contributed by atoms with Crippen LogP contribution in [0.3, 0.4) is 0 Å². The monoisotopic (exact) mass is 702 g/mol. The summed E-state index contributed by atoms with van der Waals surface area (Å²) in [5.74, 6) is 0. The third kappa shape index (κ3) is 21.6. The number of rotatable bonds is 3. The summed E-state index contributed by atoms with van der Waals surface area (Å²) in [5, 5.41) is 4.44. The first kappa shape index (κ1) is 34.6. The van der Waals surface area contributed by atoms with Gasteiger partial charge in [0.25, 0.3) is 0 Å². The van der Waals surface area contributed by atoms with Gasteiger partial charge in [-0.2, -0.15) is 0 Å². The molecule has 0 spiro atoms. The third-order valence-corrected chi connectivity index (χ3v) is 7.81. The van der Waals surface area contributed by atoms with E-state index in [1.165, 1.54) is 15.9 Å². The van der Waals surface area contributed by atoms with Crippen LogP contribution in [0.15, 0.2) is 91.0 Å². The molecule has 0 fully saturated rings. The van der Waals surface area contributed by atoms with Gasteiger partial charge in [-0.25, -0.2) is 0 Å². The third-order valence-electron chi connectivity index (χ3n) is 3.82. The predicted molar refractivity (Wildman–Crippen MR) is 153 cm³/mol. The second-order valence-corrected chi connectivity index (χ2v) is 14.1. The molecule has 3 aromatic rings. The van der Waals surface area contributed by atoms with Crippen LogP contribution in [0.4, 0.5) is 17.3 Å². The molecule has 0 N–H and O–H groups in total. The van der Waals surface area contributed by atoms with Gasteiger partial charge in [0.05, 0.1) is 0 Å². The predicted octanol–water partition coefficient (Wildman–Crippen LogP) is 8.44.